The first-order chi connectivity index (χ1) is 8.79. The summed E-state index contributed by atoms with van der Waals surface area (Å²) in [5.41, 5.74) is 1.91. The smallest absolute Gasteiger partial charge is 0.119 e. The molecule has 0 bridgehead atoms. The molecule has 0 amide bonds. The van der Waals surface area contributed by atoms with Crippen LogP contribution in [0.15, 0.2) is 30.5 Å². The van der Waals surface area contributed by atoms with Gasteiger partial charge in [-0.15, -0.1) is 5.10 Å². The predicted octanol–water partition coefficient (Wildman–Crippen LogP) is 1.55. The van der Waals surface area contributed by atoms with E-state index in [1.807, 2.05) is 31.2 Å². The predicted molar refractivity (Wildman–Crippen MR) is 67.2 cm³/mol. The second-order valence-electron chi connectivity index (χ2n) is 4.13. The number of aromatic nitrogens is 3. The van der Waals surface area contributed by atoms with Crippen LogP contribution >= 0.6 is 0 Å². The lowest BCUT2D eigenvalue weighted by atomic mass is 10.2. The maximum absolute atomic E-state index is 9.04. The summed E-state index contributed by atoms with van der Waals surface area (Å²) in [6.45, 7) is 3.32. The Labute approximate surface area is 106 Å². The van der Waals surface area contributed by atoms with Crippen LogP contribution in [0.5, 0.6) is 5.75 Å². The molecular weight excluding hydrogens is 230 g/mol. The quantitative estimate of drug-likeness (QED) is 0.787. The normalized spacial score (nSPS) is 10.6. The Bertz CT molecular complexity index is 496. The van der Waals surface area contributed by atoms with Crippen LogP contribution in [0, 0.1) is 6.92 Å². The van der Waals surface area contributed by atoms with E-state index in [2.05, 4.69) is 10.3 Å². The lowest BCUT2D eigenvalue weighted by molar-refractivity contribution is 0.260. The van der Waals surface area contributed by atoms with Crippen molar-refractivity contribution in [2.75, 3.05) is 6.61 Å². The monoisotopic (exact) mass is 247 g/mol. The van der Waals surface area contributed by atoms with E-state index in [1.54, 1.807) is 10.9 Å². The molecule has 5 nitrogen and oxygen atoms in total. The van der Waals surface area contributed by atoms with Gasteiger partial charge in [-0.3, -0.25) is 0 Å². The van der Waals surface area contributed by atoms with Gasteiger partial charge in [0.15, 0.2) is 0 Å². The number of benzene rings is 1. The Morgan fingerprint density at radius 3 is 3.06 bits per heavy atom. The first-order valence-electron chi connectivity index (χ1n) is 5.97. The van der Waals surface area contributed by atoms with Gasteiger partial charge in [0.1, 0.15) is 5.75 Å². The number of hydrogen-bond acceptors (Lipinski definition) is 4. The minimum Gasteiger partial charge on any atom is -0.494 e. The Morgan fingerprint density at radius 1 is 1.39 bits per heavy atom. The van der Waals surface area contributed by atoms with Crippen LogP contribution in [0.3, 0.4) is 0 Å². The van der Waals surface area contributed by atoms with Crippen LogP contribution in [0.2, 0.25) is 0 Å². The summed E-state index contributed by atoms with van der Waals surface area (Å²) in [7, 11) is 0. The van der Waals surface area contributed by atoms with Crippen molar-refractivity contribution in [2.45, 2.75) is 26.5 Å². The molecule has 96 valence electrons. The number of ether oxygens (including phenoxy) is 1. The topological polar surface area (TPSA) is 60.2 Å². The Morgan fingerprint density at radius 2 is 2.28 bits per heavy atom. The zero-order chi connectivity index (χ0) is 12.8. The number of aliphatic hydroxyl groups is 1. The van der Waals surface area contributed by atoms with Crippen molar-refractivity contribution in [3.8, 4) is 5.75 Å². The average Bonchev–Trinajstić information content (AvgIpc) is 2.82. The van der Waals surface area contributed by atoms with Crippen molar-refractivity contribution in [2.24, 2.45) is 0 Å². The van der Waals surface area contributed by atoms with Crippen LogP contribution in [0.1, 0.15) is 17.7 Å². The molecule has 1 heterocycles. The van der Waals surface area contributed by atoms with Crippen LogP contribution < -0.4 is 4.74 Å². The van der Waals surface area contributed by atoms with Gasteiger partial charge in [0.25, 0.3) is 0 Å². The molecule has 1 aromatic carbocycles. The summed E-state index contributed by atoms with van der Waals surface area (Å²) in [4.78, 5) is 0. The molecule has 5 heteroatoms. The third-order valence-electron chi connectivity index (χ3n) is 2.63. The standard InChI is InChI=1S/C13H17N3O2/c1-11-4-2-5-13(8-11)18-7-3-6-16-12(10-17)9-14-15-16/h2,4-5,8-9,17H,3,6-7,10H2,1H3. The van der Waals surface area contributed by atoms with Crippen molar-refractivity contribution in [3.05, 3.63) is 41.7 Å². The first-order valence-corrected chi connectivity index (χ1v) is 5.97. The molecule has 0 saturated carbocycles. The van der Waals surface area contributed by atoms with Crippen molar-refractivity contribution in [3.63, 3.8) is 0 Å². The molecule has 1 N–H and O–H groups in total. The van der Waals surface area contributed by atoms with E-state index >= 15 is 0 Å². The van der Waals surface area contributed by atoms with Gasteiger partial charge in [-0.25, -0.2) is 4.68 Å². The summed E-state index contributed by atoms with van der Waals surface area (Å²) in [6, 6.07) is 7.97. The molecule has 18 heavy (non-hydrogen) atoms. The largest absolute Gasteiger partial charge is 0.494 e. The third-order valence-corrected chi connectivity index (χ3v) is 2.63. The van der Waals surface area contributed by atoms with E-state index in [-0.39, 0.29) is 6.61 Å². The zero-order valence-corrected chi connectivity index (χ0v) is 10.4. The number of nitrogens with zero attached hydrogens (tertiary/aromatic N) is 3. The van der Waals surface area contributed by atoms with E-state index < -0.39 is 0 Å². The molecule has 0 atom stereocenters. The lowest BCUT2D eigenvalue weighted by Gasteiger charge is -2.07. The minimum absolute atomic E-state index is 0.0360. The number of aryl methyl sites for hydroxylation is 2. The highest BCUT2D eigenvalue weighted by molar-refractivity contribution is 5.27. The van der Waals surface area contributed by atoms with Gasteiger partial charge < -0.3 is 9.84 Å². The fourth-order valence-corrected chi connectivity index (χ4v) is 1.70. The molecule has 0 saturated heterocycles. The molecule has 0 aliphatic carbocycles. The number of rotatable bonds is 6. The van der Waals surface area contributed by atoms with Gasteiger partial charge in [0.05, 0.1) is 25.1 Å². The average molecular weight is 247 g/mol. The summed E-state index contributed by atoms with van der Waals surface area (Å²) >= 11 is 0. The molecule has 0 fully saturated rings. The molecule has 2 aromatic rings. The summed E-state index contributed by atoms with van der Waals surface area (Å²) in [6.07, 6.45) is 2.39. The van der Waals surface area contributed by atoms with E-state index in [0.717, 1.165) is 17.9 Å². The van der Waals surface area contributed by atoms with E-state index in [0.29, 0.717) is 13.2 Å². The third kappa shape index (κ3) is 3.30. The fraction of sp³-hybridized carbons (Fsp3) is 0.385. The van der Waals surface area contributed by atoms with Gasteiger partial charge in [-0.05, 0) is 24.6 Å². The maximum atomic E-state index is 9.04. The highest BCUT2D eigenvalue weighted by atomic mass is 16.5. The van der Waals surface area contributed by atoms with Crippen LogP contribution in [-0.2, 0) is 13.2 Å². The molecule has 0 unspecified atom stereocenters. The molecule has 1 aromatic heterocycles. The highest BCUT2D eigenvalue weighted by Crippen LogP contribution is 2.12. The van der Waals surface area contributed by atoms with Crippen molar-refractivity contribution in [1.82, 2.24) is 15.0 Å². The van der Waals surface area contributed by atoms with Gasteiger partial charge in [-0.1, -0.05) is 17.3 Å². The second-order valence-corrected chi connectivity index (χ2v) is 4.13. The van der Waals surface area contributed by atoms with Crippen LogP contribution in [-0.4, -0.2) is 26.7 Å². The first kappa shape index (κ1) is 12.6. The zero-order valence-electron chi connectivity index (χ0n) is 10.4. The van der Waals surface area contributed by atoms with Crippen molar-refractivity contribution < 1.29 is 9.84 Å². The van der Waals surface area contributed by atoms with E-state index in [4.69, 9.17) is 9.84 Å². The van der Waals surface area contributed by atoms with Gasteiger partial charge in [0, 0.05) is 13.0 Å². The second kappa shape index (κ2) is 6.16. The maximum Gasteiger partial charge on any atom is 0.119 e. The summed E-state index contributed by atoms with van der Waals surface area (Å²) in [5.74, 6) is 0.885. The van der Waals surface area contributed by atoms with Crippen LogP contribution in [0.25, 0.3) is 0 Å². The summed E-state index contributed by atoms with van der Waals surface area (Å²) in [5, 5.41) is 16.7. The summed E-state index contributed by atoms with van der Waals surface area (Å²) < 4.78 is 7.33. The van der Waals surface area contributed by atoms with Crippen LogP contribution in [0.4, 0.5) is 0 Å². The van der Waals surface area contributed by atoms with E-state index in [9.17, 15) is 0 Å². The van der Waals surface area contributed by atoms with Gasteiger partial charge in [-0.2, -0.15) is 0 Å². The van der Waals surface area contributed by atoms with Gasteiger partial charge >= 0.3 is 0 Å². The number of aliphatic hydroxyl groups excluding tert-OH is 1. The van der Waals surface area contributed by atoms with Gasteiger partial charge in [0.2, 0.25) is 0 Å². The van der Waals surface area contributed by atoms with Crippen molar-refractivity contribution >= 4 is 0 Å². The molecule has 0 radical (unpaired) electrons. The Hall–Kier alpha value is -1.88. The lowest BCUT2D eigenvalue weighted by Crippen LogP contribution is -2.09. The SMILES string of the molecule is Cc1cccc(OCCCn2nncc2CO)c1. The number of hydrogen-bond donors (Lipinski definition) is 1. The highest BCUT2D eigenvalue weighted by Gasteiger charge is 2.01. The van der Waals surface area contributed by atoms with Crippen molar-refractivity contribution in [1.29, 1.82) is 0 Å². The Balaban J connectivity index is 1.76. The fourth-order valence-electron chi connectivity index (χ4n) is 1.70. The Kier molecular flexibility index (Phi) is 4.30. The molecular formula is C13H17N3O2. The van der Waals surface area contributed by atoms with E-state index in [1.165, 1.54) is 5.56 Å². The molecule has 0 spiro atoms. The minimum atomic E-state index is -0.0360. The molecule has 2 rings (SSSR count). The molecule has 0 aliphatic heterocycles. The molecule has 0 aliphatic rings.